The van der Waals surface area contributed by atoms with Crippen LogP contribution in [0.2, 0.25) is 0 Å². The number of fused-ring (bicyclic) bond motifs is 2. The van der Waals surface area contributed by atoms with Gasteiger partial charge in [-0.05, 0) is 31.5 Å². The number of nitrogens with zero attached hydrogens (tertiary/aromatic N) is 2. The van der Waals surface area contributed by atoms with Crippen LogP contribution >= 0.6 is 0 Å². The predicted octanol–water partition coefficient (Wildman–Crippen LogP) is 2.56. The number of quaternary nitrogens is 1. The normalized spacial score (nSPS) is 15.5. The molecule has 1 N–H and O–H groups in total. The van der Waals surface area contributed by atoms with E-state index in [1.54, 1.807) is 41.3 Å². The molecule has 0 fully saturated rings. The minimum absolute atomic E-state index is 0.0281. The average molecular weight is 436 g/mol. The lowest BCUT2D eigenvalue weighted by atomic mass is 9.98. The van der Waals surface area contributed by atoms with Gasteiger partial charge < -0.3 is 14.2 Å². The number of nitrogens with one attached hydrogen (secondary N) is 1. The summed E-state index contributed by atoms with van der Waals surface area (Å²) in [6, 6.07) is 12.2. The van der Waals surface area contributed by atoms with Crippen molar-refractivity contribution in [3.63, 3.8) is 0 Å². The Morgan fingerprint density at radius 3 is 2.56 bits per heavy atom. The lowest BCUT2D eigenvalue weighted by Gasteiger charge is -2.25. The molecule has 1 aliphatic rings. The second-order valence-electron chi connectivity index (χ2n) is 7.98. The van der Waals surface area contributed by atoms with Gasteiger partial charge in [-0.2, -0.15) is 0 Å². The molecule has 0 bridgehead atoms. The first kappa shape index (κ1) is 21.7. The van der Waals surface area contributed by atoms with Crippen molar-refractivity contribution in [2.45, 2.75) is 26.3 Å². The van der Waals surface area contributed by atoms with Gasteiger partial charge in [0.15, 0.2) is 5.43 Å². The molecule has 166 valence electrons. The standard InChI is InChI=1S/C24H25N3O5/c1-3-25(4-2)13-8-14-26-21(16-9-7-10-17(15-16)27(30)31)20-22(28)18-11-5-6-12-19(18)32-23(20)24(26)29/h5-7,9-12,15,21H,3-4,8,13-14H2,1-2H3/p+1/t21-/m0/s1. The summed E-state index contributed by atoms with van der Waals surface area (Å²) in [7, 11) is 0. The molecule has 0 aliphatic carbocycles. The van der Waals surface area contributed by atoms with Crippen molar-refractivity contribution in [3.8, 4) is 0 Å². The zero-order valence-corrected chi connectivity index (χ0v) is 18.2. The lowest BCUT2D eigenvalue weighted by Crippen LogP contribution is -3.11. The molecule has 0 radical (unpaired) electrons. The Kier molecular flexibility index (Phi) is 6.05. The summed E-state index contributed by atoms with van der Waals surface area (Å²) < 4.78 is 5.90. The van der Waals surface area contributed by atoms with Crippen LogP contribution in [0.5, 0.6) is 0 Å². The molecule has 3 aromatic rings. The molecule has 0 saturated carbocycles. The van der Waals surface area contributed by atoms with E-state index in [1.807, 2.05) is 0 Å². The summed E-state index contributed by atoms with van der Waals surface area (Å²) in [4.78, 5) is 40.7. The highest BCUT2D eigenvalue weighted by atomic mass is 16.6. The third-order valence-electron chi connectivity index (χ3n) is 6.20. The topological polar surface area (TPSA) is 98.1 Å². The van der Waals surface area contributed by atoms with Crippen molar-refractivity contribution in [2.75, 3.05) is 26.2 Å². The Labute approximate surface area is 185 Å². The molecule has 0 unspecified atom stereocenters. The summed E-state index contributed by atoms with van der Waals surface area (Å²) in [6.45, 7) is 7.54. The molecule has 1 aliphatic heterocycles. The lowest BCUT2D eigenvalue weighted by molar-refractivity contribution is -0.896. The maximum atomic E-state index is 13.4. The van der Waals surface area contributed by atoms with Gasteiger partial charge in [0.2, 0.25) is 5.76 Å². The highest BCUT2D eigenvalue weighted by Crippen LogP contribution is 2.38. The van der Waals surface area contributed by atoms with E-state index in [1.165, 1.54) is 17.0 Å². The van der Waals surface area contributed by atoms with Gasteiger partial charge in [0, 0.05) is 25.1 Å². The fraction of sp³-hybridized carbons (Fsp3) is 0.333. The quantitative estimate of drug-likeness (QED) is 0.432. The zero-order valence-electron chi connectivity index (χ0n) is 18.2. The van der Waals surface area contributed by atoms with Crippen LogP contribution in [0.1, 0.15) is 48.0 Å². The van der Waals surface area contributed by atoms with E-state index >= 15 is 0 Å². The van der Waals surface area contributed by atoms with E-state index in [0.717, 1.165) is 26.1 Å². The van der Waals surface area contributed by atoms with Crippen LogP contribution in [0.15, 0.2) is 57.7 Å². The molecule has 0 spiro atoms. The smallest absolute Gasteiger partial charge is 0.290 e. The summed E-state index contributed by atoms with van der Waals surface area (Å²) in [5.41, 5.74) is 0.787. The predicted molar refractivity (Wildman–Crippen MR) is 120 cm³/mol. The number of hydrogen-bond acceptors (Lipinski definition) is 5. The number of carbonyl (C=O) groups is 1. The minimum Gasteiger partial charge on any atom is -0.450 e. The highest BCUT2D eigenvalue weighted by Gasteiger charge is 2.42. The van der Waals surface area contributed by atoms with Crippen molar-refractivity contribution >= 4 is 22.6 Å². The Bertz CT molecular complexity index is 1230. The maximum absolute atomic E-state index is 13.4. The van der Waals surface area contributed by atoms with Crippen molar-refractivity contribution in [3.05, 3.63) is 85.8 Å². The molecule has 8 heteroatoms. The van der Waals surface area contributed by atoms with Gasteiger partial charge in [0.05, 0.1) is 41.5 Å². The Hall–Kier alpha value is -3.52. The minimum atomic E-state index is -0.718. The van der Waals surface area contributed by atoms with Gasteiger partial charge in [0.1, 0.15) is 5.58 Å². The molecule has 4 rings (SSSR count). The number of non-ortho nitro benzene ring substituents is 1. The summed E-state index contributed by atoms with van der Waals surface area (Å²) in [5, 5.41) is 11.7. The van der Waals surface area contributed by atoms with Crippen LogP contribution in [0.4, 0.5) is 5.69 Å². The summed E-state index contributed by atoms with van der Waals surface area (Å²) in [5.74, 6) is -0.325. The van der Waals surface area contributed by atoms with Crippen molar-refractivity contribution in [1.29, 1.82) is 0 Å². The van der Waals surface area contributed by atoms with Gasteiger partial charge in [-0.3, -0.25) is 19.7 Å². The van der Waals surface area contributed by atoms with Crippen molar-refractivity contribution in [1.82, 2.24) is 4.90 Å². The number of nitro groups is 1. The second-order valence-corrected chi connectivity index (χ2v) is 7.98. The second kappa shape index (κ2) is 8.92. The van der Waals surface area contributed by atoms with Crippen molar-refractivity contribution < 1.29 is 19.0 Å². The molecule has 1 aromatic heterocycles. The molecule has 1 amide bonds. The van der Waals surface area contributed by atoms with Gasteiger partial charge in [0.25, 0.3) is 11.6 Å². The first-order valence-corrected chi connectivity index (χ1v) is 10.9. The van der Waals surface area contributed by atoms with Crippen LogP contribution in [-0.2, 0) is 0 Å². The number of rotatable bonds is 8. The van der Waals surface area contributed by atoms with Crippen LogP contribution in [-0.4, -0.2) is 41.9 Å². The molecular formula is C24H26N3O5+. The SMILES string of the molecule is CC[NH+](CC)CCCN1C(=O)c2oc3ccccc3c(=O)c2[C@@H]1c1cccc([N+](=O)[O-])c1. The van der Waals surface area contributed by atoms with E-state index in [9.17, 15) is 19.7 Å². The third-order valence-corrected chi connectivity index (χ3v) is 6.20. The van der Waals surface area contributed by atoms with Crippen LogP contribution in [0.25, 0.3) is 11.0 Å². The van der Waals surface area contributed by atoms with E-state index in [-0.39, 0.29) is 28.3 Å². The summed E-state index contributed by atoms with van der Waals surface area (Å²) >= 11 is 0. The highest BCUT2D eigenvalue weighted by molar-refractivity contribution is 5.99. The Morgan fingerprint density at radius 1 is 1.09 bits per heavy atom. The largest absolute Gasteiger partial charge is 0.450 e. The van der Waals surface area contributed by atoms with Gasteiger partial charge in [-0.1, -0.05) is 24.3 Å². The number of para-hydroxylation sites is 1. The Balaban J connectivity index is 1.81. The first-order valence-electron chi connectivity index (χ1n) is 10.9. The van der Waals surface area contributed by atoms with Crippen LogP contribution < -0.4 is 10.3 Å². The molecule has 2 heterocycles. The third kappa shape index (κ3) is 3.78. The monoisotopic (exact) mass is 436 g/mol. The molecule has 0 saturated heterocycles. The van der Waals surface area contributed by atoms with Gasteiger partial charge in [-0.15, -0.1) is 0 Å². The molecule has 32 heavy (non-hydrogen) atoms. The Morgan fingerprint density at radius 2 is 1.84 bits per heavy atom. The number of benzene rings is 2. The van der Waals surface area contributed by atoms with Crippen LogP contribution in [0.3, 0.4) is 0 Å². The zero-order chi connectivity index (χ0) is 22.8. The maximum Gasteiger partial charge on any atom is 0.290 e. The molecular weight excluding hydrogens is 410 g/mol. The van der Waals surface area contributed by atoms with Crippen molar-refractivity contribution in [2.24, 2.45) is 0 Å². The molecule has 1 atom stereocenters. The van der Waals surface area contributed by atoms with Gasteiger partial charge in [-0.25, -0.2) is 0 Å². The fourth-order valence-corrected chi connectivity index (χ4v) is 4.46. The van der Waals surface area contributed by atoms with Crippen LogP contribution in [0, 0.1) is 10.1 Å². The number of amides is 1. The number of carbonyl (C=O) groups excluding carboxylic acids is 1. The van der Waals surface area contributed by atoms with E-state index in [2.05, 4.69) is 13.8 Å². The van der Waals surface area contributed by atoms with E-state index in [4.69, 9.17) is 4.42 Å². The van der Waals surface area contributed by atoms with E-state index < -0.39 is 11.0 Å². The molecule has 8 nitrogen and oxygen atoms in total. The number of hydrogen-bond donors (Lipinski definition) is 1. The summed E-state index contributed by atoms with van der Waals surface area (Å²) in [6.07, 6.45) is 0.746. The first-order chi connectivity index (χ1) is 15.5. The average Bonchev–Trinajstić information content (AvgIpc) is 3.09. The molecule has 2 aromatic carbocycles. The van der Waals surface area contributed by atoms with Gasteiger partial charge >= 0.3 is 0 Å². The number of nitro benzene ring substituents is 1. The fourth-order valence-electron chi connectivity index (χ4n) is 4.46. The van der Waals surface area contributed by atoms with E-state index in [0.29, 0.717) is 23.1 Å².